The summed E-state index contributed by atoms with van der Waals surface area (Å²) in [4.78, 5) is 8.20. The quantitative estimate of drug-likeness (QED) is 0.869. The molecule has 1 aromatic heterocycles. The van der Waals surface area contributed by atoms with Gasteiger partial charge in [-0.15, -0.1) is 0 Å². The average Bonchev–Trinajstić information content (AvgIpc) is 2.47. The second kappa shape index (κ2) is 4.84. The van der Waals surface area contributed by atoms with Gasteiger partial charge in [0.15, 0.2) is 0 Å². The van der Waals surface area contributed by atoms with Gasteiger partial charge in [0, 0.05) is 18.3 Å². The minimum Gasteiger partial charge on any atom is -0.372 e. The van der Waals surface area contributed by atoms with Crippen molar-refractivity contribution in [3.05, 3.63) is 47.9 Å². The van der Waals surface area contributed by atoms with E-state index >= 15 is 0 Å². The lowest BCUT2D eigenvalue weighted by Crippen LogP contribution is -2.23. The predicted octanol–water partition coefficient (Wildman–Crippen LogP) is 1.72. The summed E-state index contributed by atoms with van der Waals surface area (Å²) in [5, 5.41) is 0. The molecule has 2 aromatic rings. The van der Waals surface area contributed by atoms with Crippen LogP contribution in [0.4, 0.5) is 0 Å². The van der Waals surface area contributed by atoms with E-state index in [0.29, 0.717) is 6.54 Å². The number of hydrogen-bond donors (Lipinski definition) is 1. The van der Waals surface area contributed by atoms with Gasteiger partial charge in [-0.1, -0.05) is 12.1 Å². The van der Waals surface area contributed by atoms with Crippen molar-refractivity contribution in [3.8, 4) is 11.3 Å². The van der Waals surface area contributed by atoms with Gasteiger partial charge in [0.05, 0.1) is 18.4 Å². The van der Waals surface area contributed by atoms with Gasteiger partial charge >= 0.3 is 0 Å². The van der Waals surface area contributed by atoms with E-state index in [9.17, 15) is 0 Å². The van der Waals surface area contributed by atoms with Crippen LogP contribution < -0.4 is 5.73 Å². The molecule has 1 unspecified atom stereocenters. The first-order valence-electron chi connectivity index (χ1n) is 6.09. The van der Waals surface area contributed by atoms with Crippen LogP contribution in [0, 0.1) is 0 Å². The van der Waals surface area contributed by atoms with Crippen molar-refractivity contribution < 1.29 is 4.74 Å². The Bertz CT molecular complexity index is 542. The van der Waals surface area contributed by atoms with Gasteiger partial charge in [0.2, 0.25) is 0 Å². The molecule has 1 aromatic carbocycles. The molecular weight excluding hydrogens is 226 g/mol. The van der Waals surface area contributed by atoms with E-state index in [4.69, 9.17) is 10.5 Å². The van der Waals surface area contributed by atoms with Crippen molar-refractivity contribution in [1.29, 1.82) is 0 Å². The summed E-state index contributed by atoms with van der Waals surface area (Å²) in [5.74, 6) is 0. The Morgan fingerprint density at radius 1 is 1.33 bits per heavy atom. The van der Waals surface area contributed by atoms with E-state index in [0.717, 1.165) is 24.3 Å². The van der Waals surface area contributed by atoms with Crippen LogP contribution in [-0.4, -0.2) is 23.1 Å². The highest BCUT2D eigenvalue weighted by atomic mass is 16.5. The SMILES string of the molecule is NCC1OCCc2ccc(-c3ccncn3)cc21. The van der Waals surface area contributed by atoms with E-state index in [1.165, 1.54) is 11.1 Å². The molecule has 1 atom stereocenters. The van der Waals surface area contributed by atoms with Crippen LogP contribution in [-0.2, 0) is 11.2 Å². The summed E-state index contributed by atoms with van der Waals surface area (Å²) in [6.07, 6.45) is 4.27. The van der Waals surface area contributed by atoms with Crippen LogP contribution in [0.2, 0.25) is 0 Å². The van der Waals surface area contributed by atoms with Crippen molar-refractivity contribution in [2.24, 2.45) is 5.73 Å². The lowest BCUT2D eigenvalue weighted by atomic mass is 9.94. The van der Waals surface area contributed by atoms with Crippen LogP contribution in [0.5, 0.6) is 0 Å². The minimum absolute atomic E-state index is 0.00976. The van der Waals surface area contributed by atoms with E-state index in [1.54, 1.807) is 12.5 Å². The van der Waals surface area contributed by atoms with Gasteiger partial charge in [-0.2, -0.15) is 0 Å². The fourth-order valence-corrected chi connectivity index (χ4v) is 2.34. The number of aromatic nitrogens is 2. The second-order valence-electron chi connectivity index (χ2n) is 4.35. The molecule has 0 radical (unpaired) electrons. The maximum atomic E-state index is 5.76. The molecule has 92 valence electrons. The van der Waals surface area contributed by atoms with Crippen molar-refractivity contribution in [1.82, 2.24) is 9.97 Å². The Kier molecular flexibility index (Phi) is 3.04. The zero-order chi connectivity index (χ0) is 12.4. The van der Waals surface area contributed by atoms with Crippen LogP contribution >= 0.6 is 0 Å². The van der Waals surface area contributed by atoms with Crippen molar-refractivity contribution in [2.75, 3.05) is 13.2 Å². The van der Waals surface area contributed by atoms with Gasteiger partial charge in [-0.25, -0.2) is 9.97 Å². The average molecular weight is 241 g/mol. The number of fused-ring (bicyclic) bond motifs is 1. The number of nitrogens with two attached hydrogens (primary N) is 1. The van der Waals surface area contributed by atoms with Gasteiger partial charge in [0.25, 0.3) is 0 Å². The summed E-state index contributed by atoms with van der Waals surface area (Å²) >= 11 is 0. The van der Waals surface area contributed by atoms with E-state index in [1.807, 2.05) is 6.07 Å². The first-order valence-corrected chi connectivity index (χ1v) is 6.09. The molecule has 4 heteroatoms. The van der Waals surface area contributed by atoms with Gasteiger partial charge in [-0.3, -0.25) is 0 Å². The topological polar surface area (TPSA) is 61.0 Å². The first kappa shape index (κ1) is 11.3. The fourth-order valence-electron chi connectivity index (χ4n) is 2.34. The normalized spacial score (nSPS) is 18.4. The molecule has 0 saturated carbocycles. The summed E-state index contributed by atoms with van der Waals surface area (Å²) in [6.45, 7) is 1.27. The molecule has 0 bridgehead atoms. The maximum absolute atomic E-state index is 5.76. The molecule has 2 N–H and O–H groups in total. The highest BCUT2D eigenvalue weighted by Crippen LogP contribution is 2.30. The Morgan fingerprint density at radius 3 is 3.06 bits per heavy atom. The van der Waals surface area contributed by atoms with Crippen molar-refractivity contribution in [2.45, 2.75) is 12.5 Å². The van der Waals surface area contributed by atoms with Crippen LogP contribution in [0.25, 0.3) is 11.3 Å². The zero-order valence-electron chi connectivity index (χ0n) is 10.0. The number of nitrogens with zero attached hydrogens (tertiary/aromatic N) is 2. The molecule has 18 heavy (non-hydrogen) atoms. The summed E-state index contributed by atoms with van der Waals surface area (Å²) < 4.78 is 5.69. The number of benzene rings is 1. The van der Waals surface area contributed by atoms with Crippen LogP contribution in [0.15, 0.2) is 36.8 Å². The monoisotopic (exact) mass is 241 g/mol. The molecule has 0 saturated heterocycles. The summed E-state index contributed by atoms with van der Waals surface area (Å²) in [5.41, 5.74) is 10.3. The molecule has 0 fully saturated rings. The van der Waals surface area contributed by atoms with Gasteiger partial charge < -0.3 is 10.5 Å². The van der Waals surface area contributed by atoms with E-state index in [-0.39, 0.29) is 6.10 Å². The smallest absolute Gasteiger partial charge is 0.116 e. The minimum atomic E-state index is 0.00976. The molecule has 1 aliphatic heterocycles. The lowest BCUT2D eigenvalue weighted by molar-refractivity contribution is 0.0485. The fraction of sp³-hybridized carbons (Fsp3) is 0.286. The maximum Gasteiger partial charge on any atom is 0.116 e. The Hall–Kier alpha value is -1.78. The van der Waals surface area contributed by atoms with Gasteiger partial charge in [0.1, 0.15) is 6.33 Å². The van der Waals surface area contributed by atoms with E-state index < -0.39 is 0 Å². The predicted molar refractivity (Wildman–Crippen MR) is 68.9 cm³/mol. The first-order chi connectivity index (χ1) is 8.88. The Morgan fingerprint density at radius 2 is 2.28 bits per heavy atom. The third-order valence-corrected chi connectivity index (χ3v) is 3.27. The van der Waals surface area contributed by atoms with Crippen LogP contribution in [0.1, 0.15) is 17.2 Å². The van der Waals surface area contributed by atoms with Crippen LogP contribution in [0.3, 0.4) is 0 Å². The highest BCUT2D eigenvalue weighted by molar-refractivity contribution is 5.61. The highest BCUT2D eigenvalue weighted by Gasteiger charge is 2.20. The molecule has 1 aliphatic rings. The largest absolute Gasteiger partial charge is 0.372 e. The molecule has 0 spiro atoms. The third-order valence-electron chi connectivity index (χ3n) is 3.27. The second-order valence-corrected chi connectivity index (χ2v) is 4.35. The molecule has 3 rings (SSSR count). The Balaban J connectivity index is 2.04. The zero-order valence-corrected chi connectivity index (χ0v) is 10.0. The number of hydrogen-bond acceptors (Lipinski definition) is 4. The lowest BCUT2D eigenvalue weighted by Gasteiger charge is -2.25. The Labute approximate surface area is 106 Å². The van der Waals surface area contributed by atoms with E-state index in [2.05, 4.69) is 28.2 Å². The molecule has 2 heterocycles. The van der Waals surface area contributed by atoms with Crippen molar-refractivity contribution in [3.63, 3.8) is 0 Å². The third kappa shape index (κ3) is 2.00. The standard InChI is InChI=1S/C14H15N3O/c15-8-14-12-7-11(13-3-5-16-9-17-13)2-1-10(12)4-6-18-14/h1-3,5,7,9,14H,4,6,8,15H2. The number of rotatable bonds is 2. The summed E-state index contributed by atoms with van der Waals surface area (Å²) in [6, 6.07) is 8.29. The summed E-state index contributed by atoms with van der Waals surface area (Å²) in [7, 11) is 0. The molecule has 4 nitrogen and oxygen atoms in total. The molecule has 0 amide bonds. The van der Waals surface area contributed by atoms with Gasteiger partial charge in [-0.05, 0) is 29.7 Å². The molecular formula is C14H15N3O. The van der Waals surface area contributed by atoms with Crippen molar-refractivity contribution >= 4 is 0 Å². The molecule has 0 aliphatic carbocycles. The number of ether oxygens (including phenoxy) is 1.